The summed E-state index contributed by atoms with van der Waals surface area (Å²) in [5.74, 6) is 1.31. The SMILES string of the molecule is CNC(c1ccnn1C)C1CCCS1. The van der Waals surface area contributed by atoms with E-state index in [1.165, 1.54) is 24.3 Å². The zero-order valence-electron chi connectivity index (χ0n) is 8.73. The number of rotatable bonds is 3. The van der Waals surface area contributed by atoms with Gasteiger partial charge in [-0.3, -0.25) is 4.68 Å². The number of aryl methyl sites for hydroxylation is 1. The largest absolute Gasteiger partial charge is 0.311 e. The number of thioether (sulfide) groups is 1. The van der Waals surface area contributed by atoms with Gasteiger partial charge in [0.2, 0.25) is 0 Å². The van der Waals surface area contributed by atoms with Crippen molar-refractivity contribution in [3.8, 4) is 0 Å². The summed E-state index contributed by atoms with van der Waals surface area (Å²) in [6, 6.07) is 2.56. The molecule has 0 saturated carbocycles. The Hall–Kier alpha value is -0.480. The Morgan fingerprint density at radius 2 is 2.57 bits per heavy atom. The molecule has 3 nitrogen and oxygen atoms in total. The Balaban J connectivity index is 2.16. The van der Waals surface area contributed by atoms with Gasteiger partial charge in [-0.2, -0.15) is 16.9 Å². The molecule has 1 aromatic rings. The standard InChI is InChI=1S/C10H17N3S/c1-11-10(9-4-3-7-14-9)8-5-6-12-13(8)2/h5-6,9-11H,3-4,7H2,1-2H3. The maximum atomic E-state index is 4.22. The minimum Gasteiger partial charge on any atom is -0.311 e. The maximum Gasteiger partial charge on any atom is 0.0609 e. The van der Waals surface area contributed by atoms with Crippen molar-refractivity contribution in [2.45, 2.75) is 24.1 Å². The number of aromatic nitrogens is 2. The van der Waals surface area contributed by atoms with E-state index in [1.54, 1.807) is 0 Å². The fourth-order valence-electron chi connectivity index (χ4n) is 2.08. The third kappa shape index (κ3) is 1.81. The number of nitrogens with zero attached hydrogens (tertiary/aromatic N) is 2. The second-order valence-electron chi connectivity index (χ2n) is 3.70. The molecule has 0 bridgehead atoms. The first-order chi connectivity index (χ1) is 6.83. The quantitative estimate of drug-likeness (QED) is 0.823. The first-order valence-electron chi connectivity index (χ1n) is 5.09. The predicted octanol–water partition coefficient (Wildman–Crippen LogP) is 1.58. The van der Waals surface area contributed by atoms with Crippen LogP contribution in [0.2, 0.25) is 0 Å². The predicted molar refractivity (Wildman–Crippen MR) is 60.5 cm³/mol. The molecule has 0 aromatic carbocycles. The van der Waals surface area contributed by atoms with Crippen LogP contribution in [0.25, 0.3) is 0 Å². The van der Waals surface area contributed by atoms with Crippen molar-refractivity contribution in [1.82, 2.24) is 15.1 Å². The molecule has 2 unspecified atom stereocenters. The van der Waals surface area contributed by atoms with Gasteiger partial charge in [0.1, 0.15) is 0 Å². The maximum absolute atomic E-state index is 4.22. The van der Waals surface area contributed by atoms with Crippen molar-refractivity contribution in [2.24, 2.45) is 7.05 Å². The molecule has 0 amide bonds. The summed E-state index contributed by atoms with van der Waals surface area (Å²) in [6.07, 6.45) is 4.55. The molecule has 14 heavy (non-hydrogen) atoms. The summed E-state index contributed by atoms with van der Waals surface area (Å²) >= 11 is 2.08. The monoisotopic (exact) mass is 211 g/mol. The van der Waals surface area contributed by atoms with Gasteiger partial charge in [0.25, 0.3) is 0 Å². The van der Waals surface area contributed by atoms with Gasteiger partial charge in [-0.1, -0.05) is 0 Å². The zero-order valence-corrected chi connectivity index (χ0v) is 9.55. The molecule has 1 aliphatic heterocycles. The lowest BCUT2D eigenvalue weighted by molar-refractivity contribution is 0.510. The third-order valence-corrected chi connectivity index (χ3v) is 4.29. The second kappa shape index (κ2) is 4.36. The highest BCUT2D eigenvalue weighted by Gasteiger charge is 2.27. The Labute approximate surface area is 89.3 Å². The van der Waals surface area contributed by atoms with Gasteiger partial charge in [0.05, 0.1) is 11.7 Å². The first-order valence-corrected chi connectivity index (χ1v) is 6.14. The van der Waals surface area contributed by atoms with E-state index in [0.717, 1.165) is 5.25 Å². The molecule has 1 fully saturated rings. The summed E-state index contributed by atoms with van der Waals surface area (Å²) in [5, 5.41) is 8.35. The number of nitrogens with one attached hydrogen (secondary N) is 1. The lowest BCUT2D eigenvalue weighted by Crippen LogP contribution is -2.27. The molecule has 1 N–H and O–H groups in total. The molecule has 0 radical (unpaired) electrons. The van der Waals surface area contributed by atoms with Crippen LogP contribution in [0.4, 0.5) is 0 Å². The van der Waals surface area contributed by atoms with Crippen LogP contribution in [0.1, 0.15) is 24.6 Å². The van der Waals surface area contributed by atoms with Crippen molar-refractivity contribution in [3.05, 3.63) is 18.0 Å². The summed E-state index contributed by atoms with van der Waals surface area (Å²) < 4.78 is 1.97. The van der Waals surface area contributed by atoms with E-state index in [2.05, 4.69) is 28.2 Å². The van der Waals surface area contributed by atoms with E-state index in [1.807, 2.05) is 25.0 Å². The summed E-state index contributed by atoms with van der Waals surface area (Å²) in [5.41, 5.74) is 1.30. The number of hydrogen-bond acceptors (Lipinski definition) is 3. The van der Waals surface area contributed by atoms with Gasteiger partial charge in [0.15, 0.2) is 0 Å². The van der Waals surface area contributed by atoms with Crippen LogP contribution in [0.15, 0.2) is 12.3 Å². The fourth-order valence-corrected chi connectivity index (χ4v) is 3.52. The van der Waals surface area contributed by atoms with Gasteiger partial charge < -0.3 is 5.32 Å². The summed E-state index contributed by atoms with van der Waals surface area (Å²) in [4.78, 5) is 0. The lowest BCUT2D eigenvalue weighted by Gasteiger charge is -2.22. The van der Waals surface area contributed by atoms with E-state index < -0.39 is 0 Å². The van der Waals surface area contributed by atoms with E-state index in [-0.39, 0.29) is 0 Å². The Morgan fingerprint density at radius 3 is 3.07 bits per heavy atom. The topological polar surface area (TPSA) is 29.9 Å². The van der Waals surface area contributed by atoms with Crippen LogP contribution in [0, 0.1) is 0 Å². The van der Waals surface area contributed by atoms with E-state index in [9.17, 15) is 0 Å². The average molecular weight is 211 g/mol. The van der Waals surface area contributed by atoms with Crippen molar-refractivity contribution in [2.75, 3.05) is 12.8 Å². The second-order valence-corrected chi connectivity index (χ2v) is 5.04. The minimum absolute atomic E-state index is 0.454. The highest BCUT2D eigenvalue weighted by Crippen LogP contribution is 2.35. The zero-order chi connectivity index (χ0) is 9.97. The normalized spacial score (nSPS) is 24.0. The molecule has 2 rings (SSSR count). The van der Waals surface area contributed by atoms with Crippen LogP contribution in [-0.2, 0) is 7.05 Å². The molecule has 4 heteroatoms. The Kier molecular flexibility index (Phi) is 3.13. The molecule has 1 aromatic heterocycles. The molecule has 1 saturated heterocycles. The van der Waals surface area contributed by atoms with Gasteiger partial charge in [0, 0.05) is 18.5 Å². The van der Waals surface area contributed by atoms with E-state index in [4.69, 9.17) is 0 Å². The smallest absolute Gasteiger partial charge is 0.0609 e. The Morgan fingerprint density at radius 1 is 1.71 bits per heavy atom. The molecule has 2 heterocycles. The van der Waals surface area contributed by atoms with Crippen LogP contribution in [0.5, 0.6) is 0 Å². The van der Waals surface area contributed by atoms with Gasteiger partial charge in [-0.05, 0) is 31.7 Å². The van der Waals surface area contributed by atoms with Crippen molar-refractivity contribution in [1.29, 1.82) is 0 Å². The highest BCUT2D eigenvalue weighted by molar-refractivity contribution is 8.00. The van der Waals surface area contributed by atoms with Crippen LogP contribution in [-0.4, -0.2) is 27.8 Å². The third-order valence-electron chi connectivity index (χ3n) is 2.83. The number of hydrogen-bond donors (Lipinski definition) is 1. The molecular weight excluding hydrogens is 194 g/mol. The van der Waals surface area contributed by atoms with Crippen LogP contribution >= 0.6 is 11.8 Å². The van der Waals surface area contributed by atoms with Crippen molar-refractivity contribution >= 4 is 11.8 Å². The van der Waals surface area contributed by atoms with E-state index in [0.29, 0.717) is 6.04 Å². The highest BCUT2D eigenvalue weighted by atomic mass is 32.2. The fraction of sp³-hybridized carbons (Fsp3) is 0.700. The van der Waals surface area contributed by atoms with E-state index >= 15 is 0 Å². The average Bonchev–Trinajstić information content (AvgIpc) is 2.80. The molecule has 78 valence electrons. The summed E-state index contributed by atoms with van der Waals surface area (Å²) in [7, 11) is 4.05. The molecular formula is C10H17N3S. The minimum atomic E-state index is 0.454. The van der Waals surface area contributed by atoms with Gasteiger partial charge in [-0.15, -0.1) is 0 Å². The van der Waals surface area contributed by atoms with Gasteiger partial charge >= 0.3 is 0 Å². The lowest BCUT2D eigenvalue weighted by atomic mass is 10.1. The molecule has 0 spiro atoms. The molecule has 0 aliphatic carbocycles. The Bertz CT molecular complexity index is 291. The van der Waals surface area contributed by atoms with Crippen molar-refractivity contribution < 1.29 is 0 Å². The molecule has 1 aliphatic rings. The van der Waals surface area contributed by atoms with Gasteiger partial charge in [-0.25, -0.2) is 0 Å². The van der Waals surface area contributed by atoms with Crippen LogP contribution < -0.4 is 5.32 Å². The van der Waals surface area contributed by atoms with Crippen molar-refractivity contribution in [3.63, 3.8) is 0 Å². The first kappa shape index (κ1) is 10.1. The molecule has 2 atom stereocenters. The summed E-state index contributed by atoms with van der Waals surface area (Å²) in [6.45, 7) is 0. The van der Waals surface area contributed by atoms with Crippen LogP contribution in [0.3, 0.4) is 0 Å².